The van der Waals surface area contributed by atoms with Gasteiger partial charge in [0.15, 0.2) is 5.17 Å². The maximum Gasteiger partial charge on any atom is 0.157 e. The van der Waals surface area contributed by atoms with Crippen molar-refractivity contribution in [2.45, 2.75) is 52.5 Å². The van der Waals surface area contributed by atoms with E-state index < -0.39 is 0 Å². The minimum atomic E-state index is 0.430. The molecule has 1 aliphatic heterocycles. The van der Waals surface area contributed by atoms with Crippen LogP contribution in [0, 0.1) is 5.41 Å². The van der Waals surface area contributed by atoms with Crippen LogP contribution in [0.15, 0.2) is 22.5 Å². The number of nitrogens with zero attached hydrogens (tertiary/aromatic N) is 1. The Morgan fingerprint density at radius 3 is 2.65 bits per heavy atom. The maximum absolute atomic E-state index is 4.83. The van der Waals surface area contributed by atoms with E-state index in [0.717, 1.165) is 11.7 Å². The van der Waals surface area contributed by atoms with Gasteiger partial charge in [-0.1, -0.05) is 45.0 Å². The Balaban J connectivity index is 2.00. The van der Waals surface area contributed by atoms with Crippen LogP contribution in [0.4, 0.5) is 0 Å². The molecule has 0 fully saturated rings. The molecule has 1 aliphatic rings. The van der Waals surface area contributed by atoms with Crippen molar-refractivity contribution in [2.24, 2.45) is 10.4 Å². The summed E-state index contributed by atoms with van der Waals surface area (Å²) in [5.74, 6) is 1.20. The van der Waals surface area contributed by atoms with Crippen molar-refractivity contribution in [3.63, 3.8) is 0 Å². The fraction of sp³-hybridized carbons (Fsp3) is 0.688. The van der Waals surface area contributed by atoms with Crippen LogP contribution in [-0.2, 0) is 0 Å². The topological polar surface area (TPSA) is 24.4 Å². The van der Waals surface area contributed by atoms with Crippen molar-refractivity contribution in [3.05, 3.63) is 22.4 Å². The summed E-state index contributed by atoms with van der Waals surface area (Å²) in [5, 5.41) is 6.98. The molecule has 0 saturated heterocycles. The van der Waals surface area contributed by atoms with Crippen LogP contribution in [0.2, 0.25) is 0 Å². The largest absolute Gasteiger partial charge is 0.357 e. The number of thioether (sulfide) groups is 1. The van der Waals surface area contributed by atoms with Gasteiger partial charge in [-0.15, -0.1) is 11.3 Å². The molecular formula is C16H26N2S2. The maximum atomic E-state index is 4.83. The Bertz CT molecular complexity index is 422. The van der Waals surface area contributed by atoms with E-state index in [4.69, 9.17) is 4.99 Å². The first-order valence-electron chi connectivity index (χ1n) is 7.70. The highest BCUT2D eigenvalue weighted by atomic mass is 32.2. The smallest absolute Gasteiger partial charge is 0.157 e. The lowest BCUT2D eigenvalue weighted by Crippen LogP contribution is -2.35. The molecule has 20 heavy (non-hydrogen) atoms. The number of nitrogens with one attached hydrogen (secondary N) is 1. The monoisotopic (exact) mass is 310 g/mol. The van der Waals surface area contributed by atoms with Crippen LogP contribution in [0.3, 0.4) is 0 Å². The molecule has 0 bridgehead atoms. The Labute approximate surface area is 131 Å². The molecule has 2 heterocycles. The third-order valence-electron chi connectivity index (χ3n) is 4.33. The molecule has 0 saturated carbocycles. The van der Waals surface area contributed by atoms with Gasteiger partial charge in [-0.25, -0.2) is 0 Å². The first kappa shape index (κ1) is 15.9. The van der Waals surface area contributed by atoms with Gasteiger partial charge in [0.1, 0.15) is 0 Å². The molecule has 2 rings (SSSR count). The second kappa shape index (κ2) is 7.51. The normalized spacial score (nSPS) is 19.4. The van der Waals surface area contributed by atoms with Crippen molar-refractivity contribution >= 4 is 28.3 Å². The van der Waals surface area contributed by atoms with Crippen LogP contribution < -0.4 is 5.32 Å². The average Bonchev–Trinajstić information content (AvgIpc) is 3.02. The van der Waals surface area contributed by atoms with Crippen molar-refractivity contribution in [1.29, 1.82) is 0 Å². The molecular weight excluding hydrogens is 284 g/mol. The zero-order valence-corrected chi connectivity index (χ0v) is 14.4. The van der Waals surface area contributed by atoms with Gasteiger partial charge < -0.3 is 5.32 Å². The van der Waals surface area contributed by atoms with Gasteiger partial charge in [0.05, 0.1) is 6.04 Å². The summed E-state index contributed by atoms with van der Waals surface area (Å²) in [6.07, 6.45) is 4.83. The fourth-order valence-corrected chi connectivity index (χ4v) is 4.67. The lowest BCUT2D eigenvalue weighted by molar-refractivity contribution is 0.318. The Morgan fingerprint density at radius 2 is 2.15 bits per heavy atom. The van der Waals surface area contributed by atoms with Gasteiger partial charge in [0.25, 0.3) is 0 Å². The SMILES string of the molecule is CCCC(NC1=NCC(CC)(CC)CS1)c1cccs1. The van der Waals surface area contributed by atoms with E-state index >= 15 is 0 Å². The summed E-state index contributed by atoms with van der Waals surface area (Å²) < 4.78 is 0. The lowest BCUT2D eigenvalue weighted by Gasteiger charge is -2.34. The first-order valence-corrected chi connectivity index (χ1v) is 9.56. The van der Waals surface area contributed by atoms with Gasteiger partial charge in [-0.2, -0.15) is 0 Å². The second-order valence-corrected chi connectivity index (χ2v) is 7.56. The molecule has 4 heteroatoms. The van der Waals surface area contributed by atoms with E-state index in [2.05, 4.69) is 43.6 Å². The van der Waals surface area contributed by atoms with Crippen LogP contribution >= 0.6 is 23.1 Å². The number of hydrogen-bond acceptors (Lipinski definition) is 4. The van der Waals surface area contributed by atoms with Crippen LogP contribution in [-0.4, -0.2) is 17.5 Å². The van der Waals surface area contributed by atoms with Gasteiger partial charge in [0, 0.05) is 17.2 Å². The summed E-state index contributed by atoms with van der Waals surface area (Å²) in [5.41, 5.74) is 0.430. The number of aliphatic imine (C=N–C) groups is 1. The third kappa shape index (κ3) is 3.79. The first-order chi connectivity index (χ1) is 9.73. The Kier molecular flexibility index (Phi) is 5.97. The molecule has 2 nitrogen and oxygen atoms in total. The highest BCUT2D eigenvalue weighted by Gasteiger charge is 2.30. The Morgan fingerprint density at radius 1 is 1.35 bits per heavy atom. The third-order valence-corrected chi connectivity index (χ3v) is 6.60. The highest BCUT2D eigenvalue weighted by Crippen LogP contribution is 2.35. The molecule has 0 amide bonds. The number of hydrogen-bond donors (Lipinski definition) is 1. The molecule has 112 valence electrons. The zero-order valence-electron chi connectivity index (χ0n) is 12.8. The van der Waals surface area contributed by atoms with Gasteiger partial charge >= 0.3 is 0 Å². The minimum absolute atomic E-state index is 0.430. The summed E-state index contributed by atoms with van der Waals surface area (Å²) in [6, 6.07) is 4.80. The van der Waals surface area contributed by atoms with Crippen LogP contribution in [0.1, 0.15) is 57.4 Å². The second-order valence-electron chi connectivity index (χ2n) is 5.62. The van der Waals surface area contributed by atoms with Gasteiger partial charge in [-0.05, 0) is 36.1 Å². The molecule has 0 aromatic carbocycles. The van der Waals surface area contributed by atoms with E-state index in [1.165, 1.54) is 36.3 Å². The minimum Gasteiger partial charge on any atom is -0.357 e. The quantitative estimate of drug-likeness (QED) is 0.791. The van der Waals surface area contributed by atoms with Crippen molar-refractivity contribution in [3.8, 4) is 0 Å². The zero-order chi connectivity index (χ0) is 14.4. The van der Waals surface area contributed by atoms with Gasteiger partial charge in [0.2, 0.25) is 0 Å². The van der Waals surface area contributed by atoms with Crippen LogP contribution in [0.5, 0.6) is 0 Å². The predicted molar refractivity (Wildman–Crippen MR) is 92.9 cm³/mol. The lowest BCUT2D eigenvalue weighted by atomic mass is 9.84. The van der Waals surface area contributed by atoms with Crippen molar-refractivity contribution < 1.29 is 0 Å². The van der Waals surface area contributed by atoms with Crippen LogP contribution in [0.25, 0.3) is 0 Å². The molecule has 1 unspecified atom stereocenters. The van der Waals surface area contributed by atoms with E-state index in [9.17, 15) is 0 Å². The van der Waals surface area contributed by atoms with Crippen molar-refractivity contribution in [1.82, 2.24) is 5.32 Å². The predicted octanol–water partition coefficient (Wildman–Crippen LogP) is 5.09. The van der Waals surface area contributed by atoms with Crippen molar-refractivity contribution in [2.75, 3.05) is 12.3 Å². The number of rotatable bonds is 6. The highest BCUT2D eigenvalue weighted by molar-refractivity contribution is 8.13. The molecule has 1 atom stereocenters. The van der Waals surface area contributed by atoms with E-state index in [1.54, 1.807) is 0 Å². The van der Waals surface area contributed by atoms with Gasteiger partial charge in [-0.3, -0.25) is 4.99 Å². The summed E-state index contributed by atoms with van der Waals surface area (Å²) in [4.78, 5) is 6.26. The van der Waals surface area contributed by atoms with E-state index in [-0.39, 0.29) is 0 Å². The molecule has 0 aliphatic carbocycles. The average molecular weight is 311 g/mol. The molecule has 0 spiro atoms. The number of thiophene rings is 1. The fourth-order valence-electron chi connectivity index (χ4n) is 2.53. The molecule has 1 N–H and O–H groups in total. The summed E-state index contributed by atoms with van der Waals surface area (Å²) >= 11 is 3.76. The standard InChI is InChI=1S/C16H26N2S2/c1-4-8-13(14-9-7-10-19-14)18-15-17-11-16(5-2,6-3)12-20-15/h7,9-10,13H,4-6,8,11-12H2,1-3H3,(H,17,18). The van der Waals surface area contributed by atoms with E-state index in [1.807, 2.05) is 23.1 Å². The summed E-state index contributed by atoms with van der Waals surface area (Å²) in [6.45, 7) is 7.82. The van der Waals surface area contributed by atoms with E-state index in [0.29, 0.717) is 11.5 Å². The molecule has 1 aromatic rings. The molecule has 1 aromatic heterocycles. The molecule has 0 radical (unpaired) electrons. The summed E-state index contributed by atoms with van der Waals surface area (Å²) in [7, 11) is 0. The Hall–Kier alpha value is -0.480. The number of amidine groups is 1.